The summed E-state index contributed by atoms with van der Waals surface area (Å²) < 4.78 is 7.68. The summed E-state index contributed by atoms with van der Waals surface area (Å²) in [6, 6.07) is 27.7. The van der Waals surface area contributed by atoms with E-state index in [4.69, 9.17) is 9.84 Å². The van der Waals surface area contributed by atoms with Gasteiger partial charge in [0.05, 0.1) is 11.9 Å². The van der Waals surface area contributed by atoms with Crippen molar-refractivity contribution in [2.75, 3.05) is 0 Å². The topological polar surface area (TPSA) is 68.5 Å². The molecule has 1 aromatic heterocycles. The van der Waals surface area contributed by atoms with Crippen molar-refractivity contribution in [2.45, 2.75) is 13.5 Å². The summed E-state index contributed by atoms with van der Waals surface area (Å²) in [5, 5.41) is 8.76. The van der Waals surface area contributed by atoms with E-state index < -0.39 is 0 Å². The van der Waals surface area contributed by atoms with Gasteiger partial charge >= 0.3 is 0 Å². The van der Waals surface area contributed by atoms with Crippen LogP contribution in [0.3, 0.4) is 0 Å². The SMILES string of the molecule is CC(=O)N/N=C\c1cn(-c2ccccc2)nc1-c1ccc(OCc2ccccc2)cc1. The number of carbonyl (C=O) groups excluding carboxylic acids is 1. The molecule has 0 unspecified atom stereocenters. The molecule has 6 nitrogen and oxygen atoms in total. The van der Waals surface area contributed by atoms with Crippen molar-refractivity contribution in [3.8, 4) is 22.7 Å². The van der Waals surface area contributed by atoms with Gasteiger partial charge in [0.25, 0.3) is 0 Å². The third-order valence-corrected chi connectivity index (χ3v) is 4.56. The Bertz CT molecular complexity index is 1170. The summed E-state index contributed by atoms with van der Waals surface area (Å²) in [7, 11) is 0. The molecule has 6 heteroatoms. The average Bonchev–Trinajstić information content (AvgIpc) is 3.23. The smallest absolute Gasteiger partial charge is 0.236 e. The fraction of sp³-hybridized carbons (Fsp3) is 0.0800. The van der Waals surface area contributed by atoms with Crippen molar-refractivity contribution in [2.24, 2.45) is 5.10 Å². The van der Waals surface area contributed by atoms with Crippen LogP contribution in [0.5, 0.6) is 5.75 Å². The molecule has 31 heavy (non-hydrogen) atoms. The predicted molar refractivity (Wildman–Crippen MR) is 121 cm³/mol. The molecule has 1 amide bonds. The van der Waals surface area contributed by atoms with E-state index in [2.05, 4.69) is 10.5 Å². The first-order valence-electron chi connectivity index (χ1n) is 9.91. The number of carbonyl (C=O) groups is 1. The van der Waals surface area contributed by atoms with Gasteiger partial charge in [0.15, 0.2) is 0 Å². The molecule has 1 heterocycles. The second kappa shape index (κ2) is 9.54. The highest BCUT2D eigenvalue weighted by molar-refractivity contribution is 5.89. The van der Waals surface area contributed by atoms with Crippen LogP contribution in [-0.2, 0) is 11.4 Å². The molecule has 154 valence electrons. The molecule has 0 spiro atoms. The number of hydrogen-bond donors (Lipinski definition) is 1. The predicted octanol–water partition coefficient (Wildman–Crippen LogP) is 4.59. The molecule has 0 radical (unpaired) electrons. The third-order valence-electron chi connectivity index (χ3n) is 4.56. The summed E-state index contributed by atoms with van der Waals surface area (Å²) in [6.45, 7) is 1.93. The Morgan fingerprint density at radius 3 is 2.35 bits per heavy atom. The number of ether oxygens (including phenoxy) is 1. The number of rotatable bonds is 7. The van der Waals surface area contributed by atoms with E-state index in [9.17, 15) is 4.79 Å². The normalized spacial score (nSPS) is 10.9. The summed E-state index contributed by atoms with van der Waals surface area (Å²) in [5.74, 6) is 0.553. The van der Waals surface area contributed by atoms with Gasteiger partial charge in [0, 0.05) is 24.2 Å². The lowest BCUT2D eigenvalue weighted by atomic mass is 10.1. The Morgan fingerprint density at radius 2 is 1.68 bits per heavy atom. The van der Waals surface area contributed by atoms with E-state index >= 15 is 0 Å². The van der Waals surface area contributed by atoms with E-state index in [0.717, 1.165) is 33.8 Å². The highest BCUT2D eigenvalue weighted by Crippen LogP contribution is 2.25. The van der Waals surface area contributed by atoms with Crippen molar-refractivity contribution in [3.05, 3.63) is 102 Å². The van der Waals surface area contributed by atoms with Gasteiger partial charge < -0.3 is 4.74 Å². The lowest BCUT2D eigenvalue weighted by Crippen LogP contribution is -2.12. The zero-order valence-electron chi connectivity index (χ0n) is 17.1. The van der Waals surface area contributed by atoms with Crippen molar-refractivity contribution < 1.29 is 9.53 Å². The number of benzene rings is 3. The van der Waals surface area contributed by atoms with Gasteiger partial charge in [-0.15, -0.1) is 0 Å². The van der Waals surface area contributed by atoms with Crippen LogP contribution in [0.2, 0.25) is 0 Å². The zero-order chi connectivity index (χ0) is 21.5. The van der Waals surface area contributed by atoms with Crippen LogP contribution in [0.15, 0.2) is 96.2 Å². The summed E-state index contributed by atoms with van der Waals surface area (Å²) >= 11 is 0. The van der Waals surface area contributed by atoms with Gasteiger partial charge in [-0.25, -0.2) is 10.1 Å². The molecule has 0 saturated heterocycles. The van der Waals surface area contributed by atoms with Crippen LogP contribution < -0.4 is 10.2 Å². The van der Waals surface area contributed by atoms with Crippen LogP contribution in [0.1, 0.15) is 18.1 Å². The van der Waals surface area contributed by atoms with Crippen LogP contribution in [-0.4, -0.2) is 21.9 Å². The van der Waals surface area contributed by atoms with Crippen molar-refractivity contribution in [1.29, 1.82) is 0 Å². The molecule has 0 aliphatic carbocycles. The average molecular weight is 410 g/mol. The minimum atomic E-state index is -0.229. The van der Waals surface area contributed by atoms with Crippen LogP contribution >= 0.6 is 0 Å². The van der Waals surface area contributed by atoms with Gasteiger partial charge in [-0.2, -0.15) is 10.2 Å². The Kier molecular flexibility index (Phi) is 6.18. The minimum absolute atomic E-state index is 0.229. The third kappa shape index (κ3) is 5.25. The van der Waals surface area contributed by atoms with E-state index in [-0.39, 0.29) is 5.91 Å². The highest BCUT2D eigenvalue weighted by Gasteiger charge is 2.11. The van der Waals surface area contributed by atoms with Crippen molar-refractivity contribution in [3.63, 3.8) is 0 Å². The van der Waals surface area contributed by atoms with Crippen molar-refractivity contribution >= 4 is 12.1 Å². The molecule has 0 atom stereocenters. The van der Waals surface area contributed by atoms with Crippen LogP contribution in [0, 0.1) is 0 Å². The first kappa shape index (κ1) is 20.1. The standard InChI is InChI=1S/C25H22N4O2/c1-19(30)27-26-16-22-17-29(23-10-6-3-7-11-23)28-25(22)21-12-14-24(15-13-21)31-18-20-8-4-2-5-9-20/h2-17H,18H2,1H3,(H,27,30)/b26-16-. The summed E-state index contributed by atoms with van der Waals surface area (Å²) in [5.41, 5.74) is 6.95. The van der Waals surface area contributed by atoms with E-state index in [1.165, 1.54) is 6.92 Å². The largest absolute Gasteiger partial charge is 0.489 e. The molecule has 0 aliphatic rings. The van der Waals surface area contributed by atoms with Gasteiger partial charge in [0.1, 0.15) is 18.1 Å². The quantitative estimate of drug-likeness (QED) is 0.358. The summed E-state index contributed by atoms with van der Waals surface area (Å²) in [4.78, 5) is 11.2. The molecule has 0 aliphatic heterocycles. The first-order valence-corrected chi connectivity index (χ1v) is 9.91. The molecule has 0 bridgehead atoms. The number of nitrogens with zero attached hydrogens (tertiary/aromatic N) is 3. The minimum Gasteiger partial charge on any atom is -0.489 e. The second-order valence-electron chi connectivity index (χ2n) is 6.94. The fourth-order valence-electron chi connectivity index (χ4n) is 3.06. The Hall–Kier alpha value is -4.19. The Labute approximate surface area is 180 Å². The number of nitrogens with one attached hydrogen (secondary N) is 1. The molecule has 3 aromatic carbocycles. The maximum atomic E-state index is 11.2. The van der Waals surface area contributed by atoms with E-state index in [0.29, 0.717) is 6.61 Å². The number of aromatic nitrogens is 2. The molecule has 0 saturated carbocycles. The molecular formula is C25H22N4O2. The number of amides is 1. The maximum Gasteiger partial charge on any atom is 0.236 e. The molecular weight excluding hydrogens is 388 g/mol. The van der Waals surface area contributed by atoms with Crippen molar-refractivity contribution in [1.82, 2.24) is 15.2 Å². The zero-order valence-corrected chi connectivity index (χ0v) is 17.1. The first-order chi connectivity index (χ1) is 15.2. The van der Waals surface area contributed by atoms with Gasteiger partial charge in [0.2, 0.25) is 5.91 Å². The second-order valence-corrected chi connectivity index (χ2v) is 6.94. The molecule has 4 rings (SSSR count). The lowest BCUT2D eigenvalue weighted by Gasteiger charge is -2.07. The number of hydrazone groups is 1. The van der Waals surface area contributed by atoms with Gasteiger partial charge in [-0.3, -0.25) is 4.79 Å². The summed E-state index contributed by atoms with van der Waals surface area (Å²) in [6.07, 6.45) is 3.48. The maximum absolute atomic E-state index is 11.2. The van der Waals surface area contributed by atoms with Gasteiger partial charge in [-0.05, 0) is 42.0 Å². The van der Waals surface area contributed by atoms with E-state index in [1.54, 1.807) is 10.9 Å². The fourth-order valence-corrected chi connectivity index (χ4v) is 3.06. The number of para-hydroxylation sites is 1. The van der Waals surface area contributed by atoms with Crippen LogP contribution in [0.4, 0.5) is 0 Å². The monoisotopic (exact) mass is 410 g/mol. The molecule has 0 fully saturated rings. The molecule has 4 aromatic rings. The highest BCUT2D eigenvalue weighted by atomic mass is 16.5. The van der Waals surface area contributed by atoms with Crippen LogP contribution in [0.25, 0.3) is 16.9 Å². The lowest BCUT2D eigenvalue weighted by molar-refractivity contribution is -0.118. The molecule has 1 N–H and O–H groups in total. The Balaban J connectivity index is 1.58. The van der Waals surface area contributed by atoms with E-state index in [1.807, 2.05) is 91.1 Å². The number of hydrogen-bond acceptors (Lipinski definition) is 4. The van der Waals surface area contributed by atoms with Gasteiger partial charge in [-0.1, -0.05) is 48.5 Å². The Morgan fingerprint density at radius 1 is 1.00 bits per heavy atom.